The van der Waals surface area contributed by atoms with Crippen LogP contribution in [0.2, 0.25) is 0 Å². The van der Waals surface area contributed by atoms with Gasteiger partial charge in [-0.1, -0.05) is 24.6 Å². The lowest BCUT2D eigenvalue weighted by Gasteiger charge is -2.21. The summed E-state index contributed by atoms with van der Waals surface area (Å²) in [5, 5.41) is 0. The summed E-state index contributed by atoms with van der Waals surface area (Å²) < 4.78 is 5.72. The molecule has 98 valence electrons. The Balaban J connectivity index is 1.83. The molecule has 2 aliphatic rings. The molecule has 0 saturated heterocycles. The van der Waals surface area contributed by atoms with E-state index in [9.17, 15) is 0 Å². The van der Waals surface area contributed by atoms with Gasteiger partial charge < -0.3 is 4.74 Å². The maximum absolute atomic E-state index is 5.81. The highest BCUT2D eigenvalue weighted by Gasteiger charge is 2.56. The van der Waals surface area contributed by atoms with Gasteiger partial charge in [0, 0.05) is 5.56 Å². The molecule has 0 spiro atoms. The monoisotopic (exact) mass is 246 g/mol. The highest BCUT2D eigenvalue weighted by Crippen LogP contribution is 2.62. The number of hydrogen-bond donors (Lipinski definition) is 2. The van der Waals surface area contributed by atoms with Gasteiger partial charge in [0.05, 0.1) is 12.6 Å². The summed E-state index contributed by atoms with van der Waals surface area (Å²) in [5.74, 6) is 9.28. The first kappa shape index (κ1) is 12.0. The molecule has 3 nitrogen and oxygen atoms in total. The van der Waals surface area contributed by atoms with Crippen LogP contribution >= 0.6 is 0 Å². The van der Waals surface area contributed by atoms with Gasteiger partial charge in [-0.15, -0.1) is 0 Å². The summed E-state index contributed by atoms with van der Waals surface area (Å²) in [6.45, 7) is 2.72. The van der Waals surface area contributed by atoms with Crippen LogP contribution < -0.4 is 16.0 Å². The molecule has 3 heteroatoms. The second-order valence-electron chi connectivity index (χ2n) is 5.45. The molecule has 2 aliphatic carbocycles. The predicted octanol–water partition coefficient (Wildman–Crippen LogP) is 2.64. The molecular formula is C15H22N2O. The van der Waals surface area contributed by atoms with Crippen molar-refractivity contribution in [2.24, 2.45) is 23.6 Å². The quantitative estimate of drug-likeness (QED) is 0.620. The third kappa shape index (κ3) is 1.91. The van der Waals surface area contributed by atoms with Crippen LogP contribution in [0.3, 0.4) is 0 Å². The Morgan fingerprint density at radius 1 is 1.33 bits per heavy atom. The molecule has 3 atom stereocenters. The van der Waals surface area contributed by atoms with Crippen molar-refractivity contribution in [1.82, 2.24) is 5.43 Å². The van der Waals surface area contributed by atoms with Crippen LogP contribution in [0.5, 0.6) is 5.75 Å². The number of ether oxygens (including phenoxy) is 1. The third-order valence-electron chi connectivity index (χ3n) is 4.59. The minimum absolute atomic E-state index is 0.253. The van der Waals surface area contributed by atoms with E-state index >= 15 is 0 Å². The van der Waals surface area contributed by atoms with Crippen LogP contribution in [0.4, 0.5) is 0 Å². The third-order valence-corrected chi connectivity index (χ3v) is 4.59. The van der Waals surface area contributed by atoms with Crippen molar-refractivity contribution in [3.05, 3.63) is 29.8 Å². The summed E-state index contributed by atoms with van der Waals surface area (Å²) in [6, 6.07) is 8.53. The van der Waals surface area contributed by atoms with Gasteiger partial charge in [-0.2, -0.15) is 0 Å². The molecule has 0 bridgehead atoms. The number of fused-ring (bicyclic) bond motifs is 1. The molecule has 0 radical (unpaired) electrons. The van der Waals surface area contributed by atoms with Gasteiger partial charge in [-0.3, -0.25) is 11.3 Å². The van der Waals surface area contributed by atoms with E-state index in [4.69, 9.17) is 10.6 Å². The fraction of sp³-hybridized carbons (Fsp3) is 0.600. The maximum Gasteiger partial charge on any atom is 0.124 e. The Labute approximate surface area is 109 Å². The highest BCUT2D eigenvalue weighted by atomic mass is 16.5. The zero-order valence-electron chi connectivity index (χ0n) is 10.9. The molecule has 0 aliphatic heterocycles. The zero-order chi connectivity index (χ0) is 12.5. The zero-order valence-corrected chi connectivity index (χ0v) is 10.9. The number of hydrazine groups is 1. The summed E-state index contributed by atoms with van der Waals surface area (Å²) in [7, 11) is 0. The van der Waals surface area contributed by atoms with Crippen molar-refractivity contribution in [1.29, 1.82) is 0 Å². The lowest BCUT2D eigenvalue weighted by molar-refractivity contribution is 0.324. The number of para-hydroxylation sites is 1. The van der Waals surface area contributed by atoms with Gasteiger partial charge in [0.2, 0.25) is 0 Å². The average molecular weight is 246 g/mol. The van der Waals surface area contributed by atoms with Gasteiger partial charge in [0.1, 0.15) is 5.75 Å². The van der Waals surface area contributed by atoms with Crippen LogP contribution in [0.15, 0.2) is 24.3 Å². The van der Waals surface area contributed by atoms with Crippen LogP contribution in [0.25, 0.3) is 0 Å². The van der Waals surface area contributed by atoms with Crippen LogP contribution in [-0.4, -0.2) is 6.61 Å². The van der Waals surface area contributed by atoms with Gasteiger partial charge in [0.25, 0.3) is 0 Å². The Morgan fingerprint density at radius 3 is 2.72 bits per heavy atom. The SMILES string of the molecule is CCOc1ccccc1C(NN)C1C2CCCC21. The van der Waals surface area contributed by atoms with E-state index < -0.39 is 0 Å². The molecular weight excluding hydrogens is 224 g/mol. The van der Waals surface area contributed by atoms with Crippen LogP contribution in [0.1, 0.15) is 37.8 Å². The lowest BCUT2D eigenvalue weighted by Crippen LogP contribution is -2.31. The van der Waals surface area contributed by atoms with Gasteiger partial charge in [0.15, 0.2) is 0 Å². The van der Waals surface area contributed by atoms with E-state index in [0.29, 0.717) is 12.5 Å². The van der Waals surface area contributed by atoms with Gasteiger partial charge in [-0.25, -0.2) is 0 Å². The summed E-state index contributed by atoms with van der Waals surface area (Å²) in [6.07, 6.45) is 4.16. The van der Waals surface area contributed by atoms with Crippen molar-refractivity contribution >= 4 is 0 Å². The maximum atomic E-state index is 5.81. The molecule has 2 fully saturated rings. The number of nitrogens with one attached hydrogen (secondary N) is 1. The first-order valence-corrected chi connectivity index (χ1v) is 7.04. The van der Waals surface area contributed by atoms with Crippen molar-refractivity contribution in [3.8, 4) is 5.75 Å². The molecule has 3 rings (SSSR count). The fourth-order valence-electron chi connectivity index (χ4n) is 3.80. The summed E-state index contributed by atoms with van der Waals surface area (Å²) in [5.41, 5.74) is 4.25. The van der Waals surface area contributed by atoms with E-state index in [1.54, 1.807) is 0 Å². The van der Waals surface area contributed by atoms with E-state index in [0.717, 1.165) is 17.6 Å². The number of rotatable bonds is 5. The second kappa shape index (κ2) is 4.90. The van der Waals surface area contributed by atoms with E-state index in [1.165, 1.54) is 24.8 Å². The Kier molecular flexibility index (Phi) is 3.27. The van der Waals surface area contributed by atoms with E-state index in [1.807, 2.05) is 19.1 Å². The number of nitrogens with two attached hydrogens (primary N) is 1. The summed E-state index contributed by atoms with van der Waals surface area (Å²) in [4.78, 5) is 0. The van der Waals surface area contributed by atoms with Gasteiger partial charge >= 0.3 is 0 Å². The van der Waals surface area contributed by atoms with Crippen molar-refractivity contribution < 1.29 is 4.74 Å². The molecule has 3 unspecified atom stereocenters. The van der Waals surface area contributed by atoms with Crippen LogP contribution in [0, 0.1) is 17.8 Å². The smallest absolute Gasteiger partial charge is 0.124 e. The van der Waals surface area contributed by atoms with Crippen molar-refractivity contribution in [2.45, 2.75) is 32.2 Å². The van der Waals surface area contributed by atoms with Crippen molar-refractivity contribution in [2.75, 3.05) is 6.61 Å². The predicted molar refractivity (Wildman–Crippen MR) is 72.0 cm³/mol. The van der Waals surface area contributed by atoms with E-state index in [2.05, 4.69) is 17.6 Å². The minimum atomic E-state index is 0.253. The second-order valence-corrected chi connectivity index (χ2v) is 5.45. The topological polar surface area (TPSA) is 47.3 Å². The molecule has 1 aromatic rings. The number of hydrogen-bond acceptors (Lipinski definition) is 3. The normalized spacial score (nSPS) is 30.9. The molecule has 1 aromatic carbocycles. The molecule has 0 amide bonds. The molecule has 3 N–H and O–H groups in total. The standard InChI is InChI=1S/C15H22N2O/c1-2-18-13-9-4-3-6-12(13)15(17-16)14-10-7-5-8-11(10)14/h3-4,6,9-11,14-15,17H,2,5,7-8,16H2,1H3. The van der Waals surface area contributed by atoms with E-state index in [-0.39, 0.29) is 6.04 Å². The largest absolute Gasteiger partial charge is 0.494 e. The Bertz CT molecular complexity index is 411. The molecule has 0 heterocycles. The fourth-order valence-corrected chi connectivity index (χ4v) is 3.80. The van der Waals surface area contributed by atoms with Crippen molar-refractivity contribution in [3.63, 3.8) is 0 Å². The highest BCUT2D eigenvalue weighted by molar-refractivity contribution is 5.37. The van der Waals surface area contributed by atoms with Crippen LogP contribution in [-0.2, 0) is 0 Å². The average Bonchev–Trinajstić information content (AvgIpc) is 2.86. The first-order valence-electron chi connectivity index (χ1n) is 7.04. The Hall–Kier alpha value is -1.06. The number of benzene rings is 1. The minimum Gasteiger partial charge on any atom is -0.494 e. The molecule has 0 aromatic heterocycles. The molecule has 18 heavy (non-hydrogen) atoms. The van der Waals surface area contributed by atoms with Gasteiger partial charge in [-0.05, 0) is 43.6 Å². The molecule has 2 saturated carbocycles. The first-order chi connectivity index (χ1) is 8.86. The summed E-state index contributed by atoms with van der Waals surface area (Å²) >= 11 is 0. The lowest BCUT2D eigenvalue weighted by atomic mass is 9.96. The Morgan fingerprint density at radius 2 is 2.06 bits per heavy atom.